The number of rotatable bonds is 5. The molecule has 170 valence electrons. The van der Waals surface area contributed by atoms with Crippen molar-refractivity contribution in [1.29, 1.82) is 0 Å². The average molecular weight is 458 g/mol. The van der Waals surface area contributed by atoms with E-state index in [9.17, 15) is 4.79 Å². The Bertz CT molecular complexity index is 769. The molecule has 0 aromatic carbocycles. The molecule has 0 unspecified atom stereocenters. The Labute approximate surface area is 186 Å². The second-order valence-corrected chi connectivity index (χ2v) is 15.6. The zero-order valence-electron chi connectivity index (χ0n) is 19.8. The van der Waals surface area contributed by atoms with Crippen molar-refractivity contribution in [1.82, 2.24) is 10.3 Å². The molecule has 1 heterocycles. The quantitative estimate of drug-likeness (QED) is 0.293. The Kier molecular flexibility index (Phi) is 8.04. The summed E-state index contributed by atoms with van der Waals surface area (Å²) in [6.07, 6.45) is 1.54. The lowest BCUT2D eigenvalue weighted by molar-refractivity contribution is -0.153. The van der Waals surface area contributed by atoms with E-state index in [1.54, 1.807) is 33.0 Å². The number of carbonyl (C=O) groups excluding carboxylic acids is 1. The molecule has 0 spiro atoms. The monoisotopic (exact) mass is 457 g/mol. The topological polar surface area (TPSA) is 72.5 Å². The SMILES string of the molecule is COc1cc(NC(=S)NCC(=O)OC(C)(C)C)ncc1[Si](F)(C(C)(C)C)C(C)(C)C. The Morgan fingerprint density at radius 1 is 1.13 bits per heavy atom. The molecule has 30 heavy (non-hydrogen) atoms. The van der Waals surface area contributed by atoms with Crippen molar-refractivity contribution in [2.24, 2.45) is 0 Å². The number of methoxy groups -OCH3 is 1. The van der Waals surface area contributed by atoms with E-state index in [4.69, 9.17) is 21.7 Å². The third-order valence-electron chi connectivity index (χ3n) is 4.58. The van der Waals surface area contributed by atoms with Crippen molar-refractivity contribution in [2.45, 2.75) is 78.0 Å². The number of halogens is 1. The van der Waals surface area contributed by atoms with E-state index in [1.165, 1.54) is 7.11 Å². The minimum absolute atomic E-state index is 0.0765. The van der Waals surface area contributed by atoms with Crippen LogP contribution in [0, 0.1) is 0 Å². The molecule has 1 rings (SSSR count). The molecule has 9 heteroatoms. The Hall–Kier alpha value is -1.74. The van der Waals surface area contributed by atoms with E-state index in [-0.39, 0.29) is 11.7 Å². The first-order chi connectivity index (χ1) is 13.4. The number of anilines is 1. The van der Waals surface area contributed by atoms with E-state index in [2.05, 4.69) is 15.6 Å². The lowest BCUT2D eigenvalue weighted by Gasteiger charge is -2.45. The zero-order chi connectivity index (χ0) is 23.5. The van der Waals surface area contributed by atoms with Gasteiger partial charge in [-0.15, -0.1) is 0 Å². The first-order valence-corrected chi connectivity index (χ1v) is 12.2. The predicted molar refractivity (Wildman–Crippen MR) is 127 cm³/mol. The average Bonchev–Trinajstić information content (AvgIpc) is 2.55. The van der Waals surface area contributed by atoms with Crippen LogP contribution in [0.1, 0.15) is 62.3 Å². The van der Waals surface area contributed by atoms with Crippen LogP contribution in [0.25, 0.3) is 0 Å². The largest absolute Gasteiger partial charge is 0.497 e. The molecule has 0 radical (unpaired) electrons. The van der Waals surface area contributed by atoms with Gasteiger partial charge in [0.25, 0.3) is 8.41 Å². The Morgan fingerprint density at radius 2 is 1.67 bits per heavy atom. The van der Waals surface area contributed by atoms with Crippen LogP contribution < -0.4 is 20.6 Å². The highest BCUT2D eigenvalue weighted by molar-refractivity contribution is 7.80. The molecule has 0 saturated heterocycles. The predicted octanol–water partition coefficient (Wildman–Crippen LogP) is 4.44. The maximum atomic E-state index is 16.6. The van der Waals surface area contributed by atoms with Gasteiger partial charge in [0.15, 0.2) is 5.11 Å². The van der Waals surface area contributed by atoms with Gasteiger partial charge >= 0.3 is 5.97 Å². The van der Waals surface area contributed by atoms with Crippen LogP contribution in [0.15, 0.2) is 12.3 Å². The Morgan fingerprint density at radius 3 is 2.10 bits per heavy atom. The van der Waals surface area contributed by atoms with Crippen LogP contribution in [0.2, 0.25) is 10.1 Å². The van der Waals surface area contributed by atoms with Gasteiger partial charge in [-0.3, -0.25) is 4.79 Å². The van der Waals surface area contributed by atoms with E-state index in [1.807, 2.05) is 41.5 Å². The maximum Gasteiger partial charge on any atom is 0.325 e. The molecule has 1 aromatic heterocycles. The van der Waals surface area contributed by atoms with Gasteiger partial charge < -0.3 is 24.2 Å². The number of aromatic nitrogens is 1. The van der Waals surface area contributed by atoms with Crippen molar-refractivity contribution in [3.05, 3.63) is 12.3 Å². The number of esters is 1. The smallest absolute Gasteiger partial charge is 0.325 e. The second kappa shape index (κ2) is 9.17. The van der Waals surface area contributed by atoms with Crippen molar-refractivity contribution in [3.63, 3.8) is 0 Å². The van der Waals surface area contributed by atoms with Crippen LogP contribution in [0.3, 0.4) is 0 Å². The van der Waals surface area contributed by atoms with Crippen LogP contribution in [-0.4, -0.2) is 43.7 Å². The van der Waals surface area contributed by atoms with Crippen LogP contribution in [0.5, 0.6) is 5.75 Å². The molecule has 0 aliphatic carbocycles. The fraction of sp³-hybridized carbons (Fsp3) is 0.667. The molecule has 0 saturated carbocycles. The lowest BCUT2D eigenvalue weighted by atomic mass is 10.2. The summed E-state index contributed by atoms with van der Waals surface area (Å²) in [6.45, 7) is 16.8. The van der Waals surface area contributed by atoms with Crippen LogP contribution in [0.4, 0.5) is 9.93 Å². The molecule has 0 aliphatic rings. The number of hydrogen-bond acceptors (Lipinski definition) is 5. The first kappa shape index (κ1) is 26.3. The minimum Gasteiger partial charge on any atom is -0.497 e. The van der Waals surface area contributed by atoms with Gasteiger partial charge in [0.1, 0.15) is 23.7 Å². The molecular weight excluding hydrogens is 421 g/mol. The third kappa shape index (κ3) is 6.38. The van der Waals surface area contributed by atoms with Crippen molar-refractivity contribution < 1.29 is 18.4 Å². The zero-order valence-corrected chi connectivity index (χ0v) is 21.6. The van der Waals surface area contributed by atoms with Crippen molar-refractivity contribution in [3.8, 4) is 5.75 Å². The molecule has 1 aromatic rings. The number of thiocarbonyl (C=S) groups is 1. The molecule has 6 nitrogen and oxygen atoms in total. The van der Waals surface area contributed by atoms with E-state index in [0.29, 0.717) is 16.8 Å². The molecular formula is C21H36FN3O3SSi. The highest BCUT2D eigenvalue weighted by atomic mass is 32.1. The van der Waals surface area contributed by atoms with Crippen LogP contribution >= 0.6 is 12.2 Å². The maximum absolute atomic E-state index is 16.6. The summed E-state index contributed by atoms with van der Waals surface area (Å²) in [4.78, 5) is 16.2. The summed E-state index contributed by atoms with van der Waals surface area (Å²) in [5, 5.41) is 5.30. The fourth-order valence-corrected chi connectivity index (χ4v) is 8.36. The molecule has 0 aliphatic heterocycles. The second-order valence-electron chi connectivity index (χ2n) is 10.3. The third-order valence-corrected chi connectivity index (χ3v) is 10.1. The van der Waals surface area contributed by atoms with Gasteiger partial charge in [-0.1, -0.05) is 41.5 Å². The molecule has 0 amide bonds. The van der Waals surface area contributed by atoms with Crippen molar-refractivity contribution in [2.75, 3.05) is 19.0 Å². The van der Waals surface area contributed by atoms with E-state index >= 15 is 4.11 Å². The number of nitrogens with zero attached hydrogens (tertiary/aromatic N) is 1. The first-order valence-electron chi connectivity index (χ1n) is 9.92. The molecule has 2 N–H and O–H groups in total. The highest BCUT2D eigenvalue weighted by Crippen LogP contribution is 2.52. The van der Waals surface area contributed by atoms with Gasteiger partial charge in [0.05, 0.1) is 7.11 Å². The number of pyridine rings is 1. The van der Waals surface area contributed by atoms with Gasteiger partial charge in [0.2, 0.25) is 0 Å². The number of ether oxygens (including phenoxy) is 2. The molecule has 0 atom stereocenters. The number of nitrogens with one attached hydrogen (secondary N) is 2. The van der Waals surface area contributed by atoms with Gasteiger partial charge in [-0.25, -0.2) is 4.98 Å². The standard InChI is InChI=1S/C21H36FN3O3SSi/c1-19(2,3)28-17(26)13-24-18(29)25-16-11-14(27-10)15(12-23-16)30(22,20(4,5)6)21(7,8)9/h11-12H,13H2,1-10H3,(H2,23,24,25,29). The normalized spacial score (nSPS) is 12.9. The molecule has 0 bridgehead atoms. The summed E-state index contributed by atoms with van der Waals surface area (Å²) < 4.78 is 27.4. The summed E-state index contributed by atoms with van der Waals surface area (Å²) >= 11 is 5.22. The van der Waals surface area contributed by atoms with Crippen LogP contribution in [-0.2, 0) is 9.53 Å². The summed E-state index contributed by atoms with van der Waals surface area (Å²) in [5.74, 6) is 0.411. The summed E-state index contributed by atoms with van der Waals surface area (Å²) in [6, 6.07) is 1.63. The van der Waals surface area contributed by atoms with Gasteiger partial charge in [0, 0.05) is 17.4 Å². The Balaban J connectivity index is 3.05. The minimum atomic E-state index is -3.54. The fourth-order valence-electron chi connectivity index (χ4n) is 3.56. The van der Waals surface area contributed by atoms with E-state index in [0.717, 1.165) is 0 Å². The van der Waals surface area contributed by atoms with Crippen molar-refractivity contribution >= 4 is 42.7 Å². The lowest BCUT2D eigenvalue weighted by Crippen LogP contribution is -2.58. The van der Waals surface area contributed by atoms with E-state index < -0.39 is 30.1 Å². The highest BCUT2D eigenvalue weighted by Gasteiger charge is 2.58. The van der Waals surface area contributed by atoms with Gasteiger partial charge in [-0.2, -0.15) is 0 Å². The number of carbonyl (C=O) groups is 1. The van der Waals surface area contributed by atoms with Gasteiger partial charge in [-0.05, 0) is 43.1 Å². The summed E-state index contributed by atoms with van der Waals surface area (Å²) in [5.41, 5.74) is -0.568. The summed E-state index contributed by atoms with van der Waals surface area (Å²) in [7, 11) is -2.02. The number of hydrogen-bond donors (Lipinski definition) is 2. The molecule has 0 fully saturated rings.